The summed E-state index contributed by atoms with van der Waals surface area (Å²) in [6.07, 6.45) is -0.776. The molecule has 0 bridgehead atoms. The second-order valence-corrected chi connectivity index (χ2v) is 2.61. The number of hydrogen-bond acceptors (Lipinski definition) is 3. The van der Waals surface area contributed by atoms with Crippen LogP contribution >= 0.6 is 0 Å². The smallest absolute Gasteiger partial charge is 0.405 e. The average Bonchev–Trinajstić information content (AvgIpc) is 1.59. The number of ether oxygens (including phenoxy) is 2. The van der Waals surface area contributed by atoms with Gasteiger partial charge in [0.25, 0.3) is 0 Å². The molecule has 0 atom stereocenters. The topological polar surface area (TPSA) is 61.6 Å². The normalized spacial score (nSPS) is 11.1. The molecule has 4 heteroatoms. The van der Waals surface area contributed by atoms with Gasteiger partial charge in [0.15, 0.2) is 0 Å². The first-order valence-electron chi connectivity index (χ1n) is 2.95. The number of methoxy groups -OCH3 is 1. The summed E-state index contributed by atoms with van der Waals surface area (Å²) in [4.78, 5) is 10.2. The molecule has 0 aromatic heterocycles. The Bertz CT molecular complexity index is 122. The summed E-state index contributed by atoms with van der Waals surface area (Å²) in [5, 5.41) is 0. The first kappa shape index (κ1) is 9.23. The maximum absolute atomic E-state index is 10.2. The molecule has 60 valence electrons. The van der Waals surface area contributed by atoms with Crippen LogP contribution in [0, 0.1) is 0 Å². The molecule has 0 heterocycles. The molecule has 0 aromatic rings. The van der Waals surface area contributed by atoms with Gasteiger partial charge in [0.05, 0.1) is 6.61 Å². The molecule has 0 aliphatic rings. The van der Waals surface area contributed by atoms with E-state index in [9.17, 15) is 4.79 Å². The van der Waals surface area contributed by atoms with Crippen LogP contribution in [0.5, 0.6) is 0 Å². The van der Waals surface area contributed by atoms with Crippen molar-refractivity contribution < 1.29 is 14.3 Å². The Hall–Kier alpha value is -0.770. The molecule has 1 amide bonds. The highest BCUT2D eigenvalue weighted by molar-refractivity contribution is 5.65. The Morgan fingerprint density at radius 1 is 1.60 bits per heavy atom. The fourth-order valence-corrected chi connectivity index (χ4v) is 0.649. The van der Waals surface area contributed by atoms with Crippen molar-refractivity contribution in [3.8, 4) is 0 Å². The van der Waals surface area contributed by atoms with Gasteiger partial charge in [-0.25, -0.2) is 4.79 Å². The lowest BCUT2D eigenvalue weighted by molar-refractivity contribution is -0.0144. The van der Waals surface area contributed by atoms with E-state index in [0.29, 0.717) is 6.61 Å². The lowest BCUT2D eigenvalue weighted by Crippen LogP contribution is -2.35. The fourth-order valence-electron chi connectivity index (χ4n) is 0.649. The molecule has 0 saturated heterocycles. The van der Waals surface area contributed by atoms with Crippen LogP contribution in [0.4, 0.5) is 4.79 Å². The van der Waals surface area contributed by atoms with Gasteiger partial charge in [-0.15, -0.1) is 0 Å². The van der Waals surface area contributed by atoms with Crippen molar-refractivity contribution in [3.63, 3.8) is 0 Å². The highest BCUT2D eigenvalue weighted by atomic mass is 16.6. The van der Waals surface area contributed by atoms with Crippen molar-refractivity contribution in [2.24, 2.45) is 5.73 Å². The molecule has 0 aliphatic heterocycles. The van der Waals surface area contributed by atoms with Crippen LogP contribution in [0.15, 0.2) is 0 Å². The maximum atomic E-state index is 10.2. The van der Waals surface area contributed by atoms with Gasteiger partial charge in [-0.3, -0.25) is 0 Å². The van der Waals surface area contributed by atoms with Crippen molar-refractivity contribution >= 4 is 6.09 Å². The maximum Gasteiger partial charge on any atom is 0.405 e. The lowest BCUT2D eigenvalue weighted by atomic mass is 10.1. The molecule has 0 saturated carbocycles. The lowest BCUT2D eigenvalue weighted by Gasteiger charge is -2.22. The van der Waals surface area contributed by atoms with Crippen LogP contribution in [-0.4, -0.2) is 25.4 Å². The summed E-state index contributed by atoms with van der Waals surface area (Å²) < 4.78 is 9.47. The van der Waals surface area contributed by atoms with E-state index < -0.39 is 11.7 Å². The van der Waals surface area contributed by atoms with Crippen molar-refractivity contribution in [2.45, 2.75) is 19.4 Å². The summed E-state index contributed by atoms with van der Waals surface area (Å²) in [5.41, 5.74) is 4.17. The highest BCUT2D eigenvalue weighted by Crippen LogP contribution is 2.07. The van der Waals surface area contributed by atoms with Crippen molar-refractivity contribution in [1.82, 2.24) is 0 Å². The standard InChI is InChI=1S/C6H13NO3/c1-6(2,4-9-3)10-5(7)8/h4H2,1-3H3,(H2,7,8). The molecule has 0 rings (SSSR count). The van der Waals surface area contributed by atoms with Crippen molar-refractivity contribution in [2.75, 3.05) is 13.7 Å². The Kier molecular flexibility index (Phi) is 3.15. The number of nitrogens with two attached hydrogens (primary N) is 1. The number of carbonyl (C=O) groups excluding carboxylic acids is 1. The number of rotatable bonds is 3. The fraction of sp³-hybridized carbons (Fsp3) is 0.833. The summed E-state index contributed by atoms with van der Waals surface area (Å²) >= 11 is 0. The monoisotopic (exact) mass is 147 g/mol. The van der Waals surface area contributed by atoms with Gasteiger partial charge in [0, 0.05) is 7.11 Å². The predicted octanol–water partition coefficient (Wildman–Crippen LogP) is 0.507. The first-order chi connectivity index (χ1) is 4.48. The third-order valence-electron chi connectivity index (χ3n) is 0.869. The minimum atomic E-state index is -0.776. The minimum absolute atomic E-state index is 0.343. The van der Waals surface area contributed by atoms with Gasteiger partial charge in [-0.05, 0) is 13.8 Å². The van der Waals surface area contributed by atoms with Crippen LogP contribution in [0.1, 0.15) is 13.8 Å². The number of hydrogen-bond donors (Lipinski definition) is 1. The van der Waals surface area contributed by atoms with E-state index in [1.807, 2.05) is 0 Å². The quantitative estimate of drug-likeness (QED) is 0.632. The Balaban J connectivity index is 3.74. The third-order valence-corrected chi connectivity index (χ3v) is 0.869. The van der Waals surface area contributed by atoms with Crippen molar-refractivity contribution in [3.05, 3.63) is 0 Å². The zero-order chi connectivity index (χ0) is 8.20. The summed E-state index contributed by atoms with van der Waals surface area (Å²) in [7, 11) is 1.53. The van der Waals surface area contributed by atoms with E-state index in [1.165, 1.54) is 7.11 Å². The van der Waals surface area contributed by atoms with Crippen LogP contribution in [0.25, 0.3) is 0 Å². The molecule has 10 heavy (non-hydrogen) atoms. The summed E-state index contributed by atoms with van der Waals surface area (Å²) in [6, 6.07) is 0. The average molecular weight is 147 g/mol. The molecular weight excluding hydrogens is 134 g/mol. The molecule has 0 fully saturated rings. The van der Waals surface area contributed by atoms with E-state index in [-0.39, 0.29) is 0 Å². The Morgan fingerprint density at radius 2 is 2.10 bits per heavy atom. The highest BCUT2D eigenvalue weighted by Gasteiger charge is 2.20. The van der Waals surface area contributed by atoms with E-state index in [2.05, 4.69) is 0 Å². The third kappa shape index (κ3) is 4.14. The zero-order valence-electron chi connectivity index (χ0n) is 6.51. The number of primary amides is 1. The van der Waals surface area contributed by atoms with Gasteiger partial charge >= 0.3 is 6.09 Å². The summed E-state index contributed by atoms with van der Waals surface area (Å²) in [5.74, 6) is 0. The first-order valence-corrected chi connectivity index (χ1v) is 2.95. The largest absolute Gasteiger partial charge is 0.441 e. The van der Waals surface area contributed by atoms with Crippen molar-refractivity contribution in [1.29, 1.82) is 0 Å². The van der Waals surface area contributed by atoms with Crippen LogP contribution in [0.2, 0.25) is 0 Å². The van der Waals surface area contributed by atoms with Crippen LogP contribution in [0.3, 0.4) is 0 Å². The molecule has 4 nitrogen and oxygen atoms in total. The van der Waals surface area contributed by atoms with Gasteiger partial charge in [0.1, 0.15) is 5.60 Å². The molecule has 0 aliphatic carbocycles. The van der Waals surface area contributed by atoms with Gasteiger partial charge in [-0.2, -0.15) is 0 Å². The number of amides is 1. The number of carbonyl (C=O) groups is 1. The van der Waals surface area contributed by atoms with E-state index >= 15 is 0 Å². The minimum Gasteiger partial charge on any atom is -0.441 e. The second kappa shape index (κ2) is 3.41. The van der Waals surface area contributed by atoms with Gasteiger partial charge < -0.3 is 15.2 Å². The van der Waals surface area contributed by atoms with Crippen LogP contribution < -0.4 is 5.73 Å². The Morgan fingerprint density at radius 3 is 2.40 bits per heavy atom. The van der Waals surface area contributed by atoms with E-state index in [4.69, 9.17) is 15.2 Å². The van der Waals surface area contributed by atoms with E-state index in [1.54, 1.807) is 13.8 Å². The summed E-state index contributed by atoms with van der Waals surface area (Å²) in [6.45, 7) is 3.79. The molecule has 0 aromatic carbocycles. The van der Waals surface area contributed by atoms with E-state index in [0.717, 1.165) is 0 Å². The zero-order valence-corrected chi connectivity index (χ0v) is 6.51. The molecule has 0 unspecified atom stereocenters. The van der Waals surface area contributed by atoms with Gasteiger partial charge in [-0.1, -0.05) is 0 Å². The molecular formula is C6H13NO3. The second-order valence-electron chi connectivity index (χ2n) is 2.61. The molecule has 0 radical (unpaired) electrons. The predicted molar refractivity (Wildman–Crippen MR) is 36.6 cm³/mol. The van der Waals surface area contributed by atoms with Crippen LogP contribution in [-0.2, 0) is 9.47 Å². The SMILES string of the molecule is COCC(C)(C)OC(N)=O. The molecule has 2 N–H and O–H groups in total. The Labute approximate surface area is 60.3 Å². The molecule has 0 spiro atoms. The van der Waals surface area contributed by atoms with Gasteiger partial charge in [0.2, 0.25) is 0 Å².